The molecule has 1 aliphatic heterocycles. The van der Waals surface area contributed by atoms with Gasteiger partial charge in [-0.25, -0.2) is 0 Å². The number of carbonyl (C=O) groups excluding carboxylic acids is 1. The van der Waals surface area contributed by atoms with E-state index >= 15 is 0 Å². The van der Waals surface area contributed by atoms with Crippen LogP contribution in [0.3, 0.4) is 0 Å². The second-order valence-corrected chi connectivity index (χ2v) is 5.60. The number of amides is 1. The minimum Gasteiger partial charge on any atom is -0.488 e. The van der Waals surface area contributed by atoms with Crippen LogP contribution in [0.5, 0.6) is 5.75 Å². The largest absolute Gasteiger partial charge is 0.488 e. The van der Waals surface area contributed by atoms with Crippen molar-refractivity contribution in [2.24, 2.45) is 5.92 Å². The molecule has 2 aliphatic rings. The highest BCUT2D eigenvalue weighted by atomic mass is 16.5. The van der Waals surface area contributed by atoms with Crippen LogP contribution in [0.4, 0.5) is 0 Å². The zero-order valence-electron chi connectivity index (χ0n) is 11.4. The number of ether oxygens (including phenoxy) is 1. The van der Waals surface area contributed by atoms with E-state index in [2.05, 4.69) is 4.98 Å². The predicted octanol–water partition coefficient (Wildman–Crippen LogP) is 1.22. The van der Waals surface area contributed by atoms with E-state index in [4.69, 9.17) is 4.74 Å². The van der Waals surface area contributed by atoms with Crippen LogP contribution in [0, 0.1) is 5.92 Å². The van der Waals surface area contributed by atoms with Crippen molar-refractivity contribution < 1.29 is 14.6 Å². The molecular weight excluding hydrogens is 256 g/mol. The van der Waals surface area contributed by atoms with Gasteiger partial charge in [0.05, 0.1) is 18.6 Å². The smallest absolute Gasteiger partial charge is 0.228 e. The van der Waals surface area contributed by atoms with Crippen LogP contribution in [-0.4, -0.2) is 46.2 Å². The van der Waals surface area contributed by atoms with Gasteiger partial charge in [0.1, 0.15) is 11.9 Å². The van der Waals surface area contributed by atoms with Gasteiger partial charge in [0.2, 0.25) is 5.91 Å². The summed E-state index contributed by atoms with van der Waals surface area (Å²) in [5.41, 5.74) is 0. The number of aromatic nitrogens is 1. The molecule has 1 aliphatic carbocycles. The Hall–Kier alpha value is -1.62. The minimum absolute atomic E-state index is 0.0416. The van der Waals surface area contributed by atoms with Crippen molar-refractivity contribution in [2.75, 3.05) is 13.1 Å². The Morgan fingerprint density at radius 1 is 1.30 bits per heavy atom. The van der Waals surface area contributed by atoms with Gasteiger partial charge in [-0.3, -0.25) is 9.78 Å². The number of aliphatic hydroxyl groups excluding tert-OH is 1. The third kappa shape index (κ3) is 2.77. The number of nitrogens with zero attached hydrogens (tertiary/aromatic N) is 2. The van der Waals surface area contributed by atoms with Gasteiger partial charge in [-0.2, -0.15) is 0 Å². The summed E-state index contributed by atoms with van der Waals surface area (Å²) in [4.78, 5) is 18.1. The van der Waals surface area contributed by atoms with E-state index in [-0.39, 0.29) is 17.9 Å². The number of pyridine rings is 1. The van der Waals surface area contributed by atoms with E-state index in [0.29, 0.717) is 6.54 Å². The molecule has 2 heterocycles. The molecule has 3 atom stereocenters. The maximum atomic E-state index is 12.4. The van der Waals surface area contributed by atoms with Crippen LogP contribution in [0.1, 0.15) is 25.7 Å². The first-order valence-electron chi connectivity index (χ1n) is 7.27. The average molecular weight is 276 g/mol. The number of carbonyl (C=O) groups is 1. The van der Waals surface area contributed by atoms with Crippen molar-refractivity contribution in [3.05, 3.63) is 24.5 Å². The van der Waals surface area contributed by atoms with Gasteiger partial charge < -0.3 is 14.7 Å². The second kappa shape index (κ2) is 5.79. The summed E-state index contributed by atoms with van der Waals surface area (Å²) >= 11 is 0. The van der Waals surface area contributed by atoms with Crippen molar-refractivity contribution >= 4 is 5.91 Å². The van der Waals surface area contributed by atoms with Crippen LogP contribution >= 0.6 is 0 Å². The van der Waals surface area contributed by atoms with Gasteiger partial charge in [0.25, 0.3) is 0 Å². The van der Waals surface area contributed by atoms with Crippen LogP contribution in [0.2, 0.25) is 0 Å². The summed E-state index contributed by atoms with van der Waals surface area (Å²) in [6, 6.07) is 3.65. The van der Waals surface area contributed by atoms with E-state index in [1.54, 1.807) is 12.4 Å². The Balaban J connectivity index is 1.55. The maximum Gasteiger partial charge on any atom is 0.228 e. The topological polar surface area (TPSA) is 62.7 Å². The molecule has 108 valence electrons. The standard InChI is InChI=1S/C15H20N2O3/c18-14-3-1-2-13(14)15(19)17-9-6-12(10-17)20-11-4-7-16-8-5-11/h4-5,7-8,12-14,18H,1-3,6,9-10H2. The average Bonchev–Trinajstić information content (AvgIpc) is 3.08. The summed E-state index contributed by atoms with van der Waals surface area (Å²) in [5.74, 6) is 0.686. The van der Waals surface area contributed by atoms with Crippen molar-refractivity contribution in [2.45, 2.75) is 37.9 Å². The number of rotatable bonds is 3. The van der Waals surface area contributed by atoms with Gasteiger partial charge in [-0.15, -0.1) is 0 Å². The quantitative estimate of drug-likeness (QED) is 0.901. The lowest BCUT2D eigenvalue weighted by atomic mass is 10.0. The van der Waals surface area contributed by atoms with Crippen LogP contribution < -0.4 is 4.74 Å². The maximum absolute atomic E-state index is 12.4. The highest BCUT2D eigenvalue weighted by Crippen LogP contribution is 2.29. The van der Waals surface area contributed by atoms with Crippen molar-refractivity contribution in [3.8, 4) is 5.75 Å². The molecule has 2 fully saturated rings. The lowest BCUT2D eigenvalue weighted by Gasteiger charge is -2.22. The Bertz CT molecular complexity index is 465. The van der Waals surface area contributed by atoms with Gasteiger partial charge in [-0.05, 0) is 31.4 Å². The fourth-order valence-electron chi connectivity index (χ4n) is 3.10. The summed E-state index contributed by atoms with van der Waals surface area (Å²) in [6.45, 7) is 1.34. The molecule has 1 N–H and O–H groups in total. The van der Waals surface area contributed by atoms with Gasteiger partial charge in [0.15, 0.2) is 0 Å². The Labute approximate surface area is 118 Å². The minimum atomic E-state index is -0.456. The monoisotopic (exact) mass is 276 g/mol. The molecule has 3 rings (SSSR count). The highest BCUT2D eigenvalue weighted by Gasteiger charge is 2.37. The van der Waals surface area contributed by atoms with Gasteiger partial charge >= 0.3 is 0 Å². The van der Waals surface area contributed by atoms with E-state index in [1.165, 1.54) is 0 Å². The zero-order valence-corrected chi connectivity index (χ0v) is 11.4. The molecule has 3 unspecified atom stereocenters. The Morgan fingerprint density at radius 2 is 2.10 bits per heavy atom. The lowest BCUT2D eigenvalue weighted by Crippen LogP contribution is -2.38. The van der Waals surface area contributed by atoms with Gasteiger partial charge in [0, 0.05) is 25.4 Å². The van der Waals surface area contributed by atoms with Crippen molar-refractivity contribution in [1.29, 1.82) is 0 Å². The first-order valence-corrected chi connectivity index (χ1v) is 7.27. The fraction of sp³-hybridized carbons (Fsp3) is 0.600. The van der Waals surface area contributed by atoms with Crippen LogP contribution in [-0.2, 0) is 4.79 Å². The molecule has 1 aromatic heterocycles. The molecule has 20 heavy (non-hydrogen) atoms. The summed E-state index contributed by atoms with van der Waals surface area (Å²) < 4.78 is 5.85. The SMILES string of the molecule is O=C(C1CCCC1O)N1CCC(Oc2ccncc2)C1. The predicted molar refractivity (Wildman–Crippen MR) is 73.2 cm³/mol. The molecule has 1 saturated heterocycles. The summed E-state index contributed by atoms with van der Waals surface area (Å²) in [6.07, 6.45) is 6.33. The van der Waals surface area contributed by atoms with E-state index in [0.717, 1.165) is 38.0 Å². The first kappa shape index (κ1) is 13.4. The molecule has 0 bridgehead atoms. The van der Waals surface area contributed by atoms with Crippen LogP contribution in [0.15, 0.2) is 24.5 Å². The number of aliphatic hydroxyl groups is 1. The third-order valence-electron chi connectivity index (χ3n) is 4.21. The third-order valence-corrected chi connectivity index (χ3v) is 4.21. The van der Waals surface area contributed by atoms with E-state index in [1.807, 2.05) is 17.0 Å². The number of likely N-dealkylation sites (tertiary alicyclic amines) is 1. The lowest BCUT2D eigenvalue weighted by molar-refractivity contribution is -0.137. The van der Waals surface area contributed by atoms with Crippen molar-refractivity contribution in [1.82, 2.24) is 9.88 Å². The molecule has 5 nitrogen and oxygen atoms in total. The van der Waals surface area contributed by atoms with Crippen LogP contribution in [0.25, 0.3) is 0 Å². The van der Waals surface area contributed by atoms with E-state index in [9.17, 15) is 9.90 Å². The Kier molecular flexibility index (Phi) is 3.87. The molecule has 1 aromatic rings. The molecule has 0 radical (unpaired) electrons. The molecule has 1 saturated carbocycles. The first-order chi connectivity index (χ1) is 9.74. The molecule has 5 heteroatoms. The summed E-state index contributed by atoms with van der Waals surface area (Å²) in [5, 5.41) is 9.84. The molecule has 0 spiro atoms. The normalized spacial score (nSPS) is 29.6. The molecule has 0 aromatic carbocycles. The summed E-state index contributed by atoms with van der Waals surface area (Å²) in [7, 11) is 0. The highest BCUT2D eigenvalue weighted by molar-refractivity contribution is 5.80. The molecule has 1 amide bonds. The fourth-order valence-corrected chi connectivity index (χ4v) is 3.10. The Morgan fingerprint density at radius 3 is 2.80 bits per heavy atom. The molecular formula is C15H20N2O3. The van der Waals surface area contributed by atoms with E-state index < -0.39 is 6.10 Å². The zero-order chi connectivity index (χ0) is 13.9. The number of hydrogen-bond acceptors (Lipinski definition) is 4. The number of hydrogen-bond donors (Lipinski definition) is 1. The second-order valence-electron chi connectivity index (χ2n) is 5.60. The van der Waals surface area contributed by atoms with Gasteiger partial charge in [-0.1, -0.05) is 0 Å². The van der Waals surface area contributed by atoms with Crippen molar-refractivity contribution in [3.63, 3.8) is 0 Å².